The zero-order chi connectivity index (χ0) is 28.8. The summed E-state index contributed by atoms with van der Waals surface area (Å²) in [5.41, 5.74) is 0.0237. The van der Waals surface area contributed by atoms with Crippen molar-refractivity contribution in [1.82, 2.24) is 10.2 Å². The molecule has 0 radical (unpaired) electrons. The molecular weight excluding hydrogens is 543 g/mol. The Kier molecular flexibility index (Phi) is 10.6. The maximum Gasteiger partial charge on any atom is 0.416 e. The van der Waals surface area contributed by atoms with Crippen LogP contribution in [0.4, 0.5) is 18.9 Å². The Bertz CT molecular complexity index is 1250. The van der Waals surface area contributed by atoms with Crippen molar-refractivity contribution in [1.29, 1.82) is 0 Å². The first-order valence-electron chi connectivity index (χ1n) is 12.1. The zero-order valence-corrected chi connectivity index (χ0v) is 23.5. The number of halogens is 4. The first-order chi connectivity index (χ1) is 17.6. The van der Waals surface area contributed by atoms with Crippen LogP contribution in [0.1, 0.15) is 50.3 Å². The molecule has 0 aliphatic rings. The van der Waals surface area contributed by atoms with Crippen LogP contribution in [0, 0.1) is 6.92 Å². The molecule has 0 aromatic heterocycles. The molecule has 2 atom stereocenters. The Labute approximate surface area is 227 Å². The van der Waals surface area contributed by atoms with Gasteiger partial charge >= 0.3 is 6.18 Å². The van der Waals surface area contributed by atoms with Gasteiger partial charge in [0.05, 0.1) is 22.5 Å². The number of amides is 2. The molecule has 2 amide bonds. The van der Waals surface area contributed by atoms with E-state index in [9.17, 15) is 31.2 Å². The van der Waals surface area contributed by atoms with E-state index < -0.39 is 51.9 Å². The lowest BCUT2D eigenvalue weighted by molar-refractivity contribution is -0.140. The van der Waals surface area contributed by atoms with E-state index in [-0.39, 0.29) is 24.0 Å². The molecule has 2 aromatic carbocycles. The van der Waals surface area contributed by atoms with Gasteiger partial charge in [-0.2, -0.15) is 13.2 Å². The fraction of sp³-hybridized carbons (Fsp3) is 0.462. The highest BCUT2D eigenvalue weighted by Crippen LogP contribution is 2.36. The molecule has 0 saturated heterocycles. The Morgan fingerprint density at radius 3 is 2.26 bits per heavy atom. The number of anilines is 1. The van der Waals surface area contributed by atoms with Crippen molar-refractivity contribution < 1.29 is 31.2 Å². The van der Waals surface area contributed by atoms with Gasteiger partial charge in [0.1, 0.15) is 12.6 Å². The highest BCUT2D eigenvalue weighted by atomic mass is 35.5. The summed E-state index contributed by atoms with van der Waals surface area (Å²) in [7, 11) is -4.25. The third kappa shape index (κ3) is 8.36. The number of rotatable bonds is 11. The Balaban J connectivity index is 2.55. The third-order valence-electron chi connectivity index (χ3n) is 6.04. The number of alkyl halides is 3. The number of carbonyl (C=O) groups is 2. The predicted octanol–water partition coefficient (Wildman–Crippen LogP) is 5.16. The van der Waals surface area contributed by atoms with Crippen LogP contribution in [0.3, 0.4) is 0 Å². The summed E-state index contributed by atoms with van der Waals surface area (Å²) < 4.78 is 66.0. The number of hydrogen-bond donors (Lipinski definition) is 1. The van der Waals surface area contributed by atoms with E-state index in [0.29, 0.717) is 22.4 Å². The second-order valence-electron chi connectivity index (χ2n) is 9.19. The fourth-order valence-corrected chi connectivity index (χ4v) is 4.97. The summed E-state index contributed by atoms with van der Waals surface area (Å²) in [6.07, 6.45) is -3.10. The van der Waals surface area contributed by atoms with Gasteiger partial charge in [-0.25, -0.2) is 8.42 Å². The van der Waals surface area contributed by atoms with Crippen LogP contribution in [-0.2, 0) is 32.3 Å². The average Bonchev–Trinajstić information content (AvgIpc) is 2.81. The molecule has 0 aliphatic carbocycles. The molecule has 7 nitrogen and oxygen atoms in total. The van der Waals surface area contributed by atoms with E-state index in [1.54, 1.807) is 19.1 Å². The molecule has 0 unspecified atom stereocenters. The van der Waals surface area contributed by atoms with Gasteiger partial charge in [0.25, 0.3) is 0 Å². The SMILES string of the molecule is CC[C@@H](C)NC(=O)[C@@H](CC)N(Cc1cccc(C)c1)C(=O)CN(c1cc(C(F)(F)F)ccc1Cl)S(C)(=O)=O. The van der Waals surface area contributed by atoms with Gasteiger partial charge in [-0.05, 0) is 50.5 Å². The summed E-state index contributed by atoms with van der Waals surface area (Å²) in [6, 6.07) is 8.39. The summed E-state index contributed by atoms with van der Waals surface area (Å²) in [6.45, 7) is 6.43. The lowest BCUT2D eigenvalue weighted by atomic mass is 10.1. The molecule has 0 saturated carbocycles. The van der Waals surface area contributed by atoms with Gasteiger partial charge in [-0.3, -0.25) is 13.9 Å². The van der Waals surface area contributed by atoms with E-state index in [4.69, 9.17) is 11.6 Å². The van der Waals surface area contributed by atoms with E-state index >= 15 is 0 Å². The number of carbonyl (C=O) groups excluding carboxylic acids is 2. The van der Waals surface area contributed by atoms with Crippen LogP contribution in [0.15, 0.2) is 42.5 Å². The quantitative estimate of drug-likeness (QED) is 0.401. The molecule has 0 aliphatic heterocycles. The second-order valence-corrected chi connectivity index (χ2v) is 11.5. The molecular formula is C26H33ClF3N3O4S. The van der Waals surface area contributed by atoms with Gasteiger partial charge in [-0.1, -0.05) is 55.3 Å². The van der Waals surface area contributed by atoms with Crippen molar-refractivity contribution in [2.24, 2.45) is 0 Å². The minimum absolute atomic E-state index is 0.0130. The molecule has 2 aromatic rings. The third-order valence-corrected chi connectivity index (χ3v) is 7.49. The molecule has 0 bridgehead atoms. The van der Waals surface area contributed by atoms with E-state index in [2.05, 4.69) is 5.32 Å². The summed E-state index contributed by atoms with van der Waals surface area (Å²) in [5.74, 6) is -1.18. The van der Waals surface area contributed by atoms with Crippen molar-refractivity contribution >= 4 is 39.1 Å². The number of hydrogen-bond acceptors (Lipinski definition) is 4. The highest BCUT2D eigenvalue weighted by molar-refractivity contribution is 7.92. The molecule has 0 fully saturated rings. The van der Waals surface area contributed by atoms with Crippen LogP contribution < -0.4 is 9.62 Å². The minimum atomic E-state index is -4.76. The Morgan fingerprint density at radius 2 is 1.74 bits per heavy atom. The maximum absolute atomic E-state index is 13.7. The zero-order valence-electron chi connectivity index (χ0n) is 22.0. The number of benzene rings is 2. The van der Waals surface area contributed by atoms with Gasteiger partial charge < -0.3 is 10.2 Å². The molecule has 0 spiro atoms. The first kappa shape index (κ1) is 31.4. The van der Waals surface area contributed by atoms with E-state index in [1.165, 1.54) is 4.90 Å². The number of nitrogens with one attached hydrogen (secondary N) is 1. The number of sulfonamides is 1. The van der Waals surface area contributed by atoms with Crippen LogP contribution >= 0.6 is 11.6 Å². The molecule has 12 heteroatoms. The average molecular weight is 576 g/mol. The summed E-state index contributed by atoms with van der Waals surface area (Å²) >= 11 is 6.11. The van der Waals surface area contributed by atoms with Gasteiger partial charge in [0.15, 0.2) is 0 Å². The van der Waals surface area contributed by atoms with Crippen LogP contribution in [0.25, 0.3) is 0 Å². The van der Waals surface area contributed by atoms with E-state index in [1.807, 2.05) is 32.9 Å². The lowest BCUT2D eigenvalue weighted by Gasteiger charge is -2.33. The van der Waals surface area contributed by atoms with Gasteiger partial charge in [0.2, 0.25) is 21.8 Å². The second kappa shape index (κ2) is 12.8. The largest absolute Gasteiger partial charge is 0.416 e. The smallest absolute Gasteiger partial charge is 0.352 e. The molecule has 1 N–H and O–H groups in total. The highest BCUT2D eigenvalue weighted by Gasteiger charge is 2.35. The van der Waals surface area contributed by atoms with Crippen LogP contribution in [0.2, 0.25) is 5.02 Å². The maximum atomic E-state index is 13.7. The molecule has 210 valence electrons. The topological polar surface area (TPSA) is 86.8 Å². The van der Waals surface area contributed by atoms with Gasteiger partial charge in [-0.15, -0.1) is 0 Å². The van der Waals surface area contributed by atoms with Crippen molar-refractivity contribution in [3.8, 4) is 0 Å². The fourth-order valence-electron chi connectivity index (χ4n) is 3.84. The van der Waals surface area contributed by atoms with Crippen LogP contribution in [-0.4, -0.2) is 50.0 Å². The predicted molar refractivity (Wildman–Crippen MR) is 142 cm³/mol. The summed E-state index contributed by atoms with van der Waals surface area (Å²) in [4.78, 5) is 28.1. The van der Waals surface area contributed by atoms with E-state index in [0.717, 1.165) is 24.0 Å². The number of nitrogens with zero attached hydrogens (tertiary/aromatic N) is 2. The minimum Gasteiger partial charge on any atom is -0.352 e. The van der Waals surface area contributed by atoms with Crippen LogP contribution in [0.5, 0.6) is 0 Å². The Hall–Kier alpha value is -2.79. The van der Waals surface area contributed by atoms with Crippen molar-refractivity contribution in [3.63, 3.8) is 0 Å². The normalized spacial score (nSPS) is 13.5. The lowest BCUT2D eigenvalue weighted by Crippen LogP contribution is -2.53. The first-order valence-corrected chi connectivity index (χ1v) is 14.3. The van der Waals surface area contributed by atoms with Gasteiger partial charge in [0, 0.05) is 12.6 Å². The monoisotopic (exact) mass is 575 g/mol. The summed E-state index contributed by atoms with van der Waals surface area (Å²) in [5, 5.41) is 2.58. The van der Waals surface area contributed by atoms with Crippen molar-refractivity contribution in [2.75, 3.05) is 17.1 Å². The number of aryl methyl sites for hydroxylation is 1. The van der Waals surface area contributed by atoms with Crippen molar-refractivity contribution in [2.45, 2.75) is 65.3 Å². The van der Waals surface area contributed by atoms with Crippen molar-refractivity contribution in [3.05, 3.63) is 64.2 Å². The molecule has 2 rings (SSSR count). The molecule has 38 heavy (non-hydrogen) atoms. The standard InChI is InChI=1S/C26H33ClF3N3O4S/c1-6-18(4)31-25(35)22(7-2)32(15-19-10-8-9-17(3)13-19)24(34)16-33(38(5,36)37)23-14-20(26(28,29)30)11-12-21(23)27/h8-14,18,22H,6-7,15-16H2,1-5H3,(H,31,35)/t18-,22-/m1/s1. The Morgan fingerprint density at radius 1 is 1.08 bits per heavy atom. The molecule has 0 heterocycles.